The van der Waals surface area contributed by atoms with Crippen LogP contribution in [0.15, 0.2) is 30.5 Å². The van der Waals surface area contributed by atoms with E-state index in [1.165, 1.54) is 13.2 Å². The summed E-state index contributed by atoms with van der Waals surface area (Å²) in [5, 5.41) is 7.26. The number of rotatable bonds is 10. The van der Waals surface area contributed by atoms with Crippen LogP contribution >= 0.6 is 0 Å². The van der Waals surface area contributed by atoms with Crippen molar-refractivity contribution in [1.29, 1.82) is 0 Å². The van der Waals surface area contributed by atoms with Crippen molar-refractivity contribution in [2.75, 3.05) is 30.9 Å². The van der Waals surface area contributed by atoms with Crippen LogP contribution in [0.4, 0.5) is 15.8 Å². The lowest BCUT2D eigenvalue weighted by molar-refractivity contribution is -0.121. The van der Waals surface area contributed by atoms with Gasteiger partial charge < -0.3 is 20.3 Å². The maximum atomic E-state index is 15.1. The van der Waals surface area contributed by atoms with Gasteiger partial charge in [0.15, 0.2) is 0 Å². The van der Waals surface area contributed by atoms with E-state index in [0.29, 0.717) is 48.3 Å². The number of aryl methyl sites for hydroxylation is 2. The molecule has 1 heterocycles. The van der Waals surface area contributed by atoms with Gasteiger partial charge in [-0.25, -0.2) is 4.39 Å². The van der Waals surface area contributed by atoms with Crippen LogP contribution in [0.2, 0.25) is 0 Å². The zero-order chi connectivity index (χ0) is 27.3. The standard InChI is InChI=1S/C29H37FN4O3/c1-8-19-14-20-28(18(5)26(19)27-21(30)12-11-13-23(27)37-7)32-16-22(34(6)25(36)10-3)29(20)31-15-17(4)33-24(35)9-2/h11-14,16-17H,8-10,15H2,1-7H3,(H,31,32)(H,33,35)/t17-/m1/s1. The van der Waals surface area contributed by atoms with E-state index < -0.39 is 0 Å². The molecule has 0 aliphatic rings. The second kappa shape index (κ2) is 12.0. The number of fused-ring (bicyclic) bond motifs is 1. The zero-order valence-corrected chi connectivity index (χ0v) is 22.8. The van der Waals surface area contributed by atoms with Crippen molar-refractivity contribution < 1.29 is 18.7 Å². The number of aromatic nitrogens is 1. The van der Waals surface area contributed by atoms with E-state index in [1.54, 1.807) is 30.3 Å². The lowest BCUT2D eigenvalue weighted by Gasteiger charge is -2.25. The molecule has 0 unspecified atom stereocenters. The van der Waals surface area contributed by atoms with Gasteiger partial charge in [-0.15, -0.1) is 0 Å². The van der Waals surface area contributed by atoms with Gasteiger partial charge in [-0.3, -0.25) is 14.6 Å². The number of halogens is 1. The summed E-state index contributed by atoms with van der Waals surface area (Å²) in [5.41, 5.74) is 5.03. The van der Waals surface area contributed by atoms with E-state index in [9.17, 15) is 9.59 Å². The lowest BCUT2D eigenvalue weighted by Crippen LogP contribution is -2.37. The smallest absolute Gasteiger partial charge is 0.226 e. The number of carbonyl (C=O) groups is 2. The molecule has 3 aromatic rings. The summed E-state index contributed by atoms with van der Waals surface area (Å²) in [6.45, 7) is 9.97. The molecular formula is C29H37FN4O3. The summed E-state index contributed by atoms with van der Waals surface area (Å²) in [7, 11) is 3.26. The quantitative estimate of drug-likeness (QED) is 0.371. The first-order valence-electron chi connectivity index (χ1n) is 12.8. The van der Waals surface area contributed by atoms with E-state index in [0.717, 1.165) is 27.8 Å². The van der Waals surface area contributed by atoms with E-state index in [-0.39, 0.29) is 23.7 Å². The van der Waals surface area contributed by atoms with Crippen molar-refractivity contribution in [3.05, 3.63) is 47.4 Å². The predicted octanol–water partition coefficient (Wildman–Crippen LogP) is 5.62. The minimum atomic E-state index is -0.361. The summed E-state index contributed by atoms with van der Waals surface area (Å²) in [4.78, 5) is 30.8. The topological polar surface area (TPSA) is 83.6 Å². The van der Waals surface area contributed by atoms with Crippen molar-refractivity contribution in [2.24, 2.45) is 0 Å². The molecule has 37 heavy (non-hydrogen) atoms. The summed E-state index contributed by atoms with van der Waals surface area (Å²) in [6, 6.07) is 6.70. The van der Waals surface area contributed by atoms with Crippen LogP contribution in [0.1, 0.15) is 51.7 Å². The van der Waals surface area contributed by atoms with Crippen LogP contribution in [0.3, 0.4) is 0 Å². The third-order valence-corrected chi connectivity index (χ3v) is 6.64. The van der Waals surface area contributed by atoms with E-state index in [4.69, 9.17) is 9.72 Å². The molecule has 2 N–H and O–H groups in total. The summed E-state index contributed by atoms with van der Waals surface area (Å²) < 4.78 is 20.7. The van der Waals surface area contributed by atoms with Crippen molar-refractivity contribution in [3.63, 3.8) is 0 Å². The lowest BCUT2D eigenvalue weighted by atomic mass is 9.89. The molecule has 1 aromatic heterocycles. The molecule has 0 spiro atoms. The highest BCUT2D eigenvalue weighted by Gasteiger charge is 2.23. The third kappa shape index (κ3) is 5.68. The molecule has 198 valence electrons. The molecule has 3 rings (SSSR count). The first-order valence-corrected chi connectivity index (χ1v) is 12.8. The Bertz CT molecular complexity index is 1310. The fraction of sp³-hybridized carbons (Fsp3) is 0.414. The van der Waals surface area contributed by atoms with Crippen LogP contribution in [0.5, 0.6) is 5.75 Å². The largest absolute Gasteiger partial charge is 0.496 e. The Labute approximate surface area is 218 Å². The molecule has 7 nitrogen and oxygen atoms in total. The van der Waals surface area contributed by atoms with E-state index in [1.807, 2.05) is 40.7 Å². The maximum Gasteiger partial charge on any atom is 0.226 e. The molecule has 0 aliphatic heterocycles. The Kier molecular flexibility index (Phi) is 9.08. The number of methoxy groups -OCH3 is 1. The molecule has 2 amide bonds. The Hall–Kier alpha value is -3.68. The average Bonchev–Trinajstić information content (AvgIpc) is 2.90. The number of nitrogens with zero attached hydrogens (tertiary/aromatic N) is 2. The Morgan fingerprint density at radius 1 is 1.16 bits per heavy atom. The molecule has 0 saturated heterocycles. The van der Waals surface area contributed by atoms with Crippen LogP contribution in [-0.4, -0.2) is 43.5 Å². The molecular weight excluding hydrogens is 471 g/mol. The molecule has 2 aromatic carbocycles. The highest BCUT2D eigenvalue weighted by atomic mass is 19.1. The first-order chi connectivity index (χ1) is 17.7. The SMILES string of the molecule is CCC(=O)N[C@H](C)CNc1c(N(C)C(=O)CC)cnc2c(C)c(-c3c(F)cccc3OC)c(CC)cc12. The van der Waals surface area contributed by atoms with Gasteiger partial charge in [0.05, 0.1) is 35.8 Å². The third-order valence-electron chi connectivity index (χ3n) is 6.64. The minimum Gasteiger partial charge on any atom is -0.496 e. The molecule has 0 radical (unpaired) electrons. The van der Waals surface area contributed by atoms with Crippen LogP contribution in [-0.2, 0) is 16.0 Å². The van der Waals surface area contributed by atoms with Gasteiger partial charge in [-0.1, -0.05) is 26.8 Å². The highest BCUT2D eigenvalue weighted by molar-refractivity contribution is 6.06. The fourth-order valence-corrected chi connectivity index (χ4v) is 4.60. The fourth-order valence-electron chi connectivity index (χ4n) is 4.60. The zero-order valence-electron chi connectivity index (χ0n) is 22.8. The Morgan fingerprint density at radius 2 is 1.89 bits per heavy atom. The first kappa shape index (κ1) is 27.9. The number of benzene rings is 2. The second-order valence-electron chi connectivity index (χ2n) is 9.13. The molecule has 0 aliphatic carbocycles. The molecule has 0 fully saturated rings. The number of hydrogen-bond donors (Lipinski definition) is 2. The number of ether oxygens (including phenoxy) is 1. The minimum absolute atomic E-state index is 0.0278. The van der Waals surface area contributed by atoms with E-state index in [2.05, 4.69) is 10.6 Å². The van der Waals surface area contributed by atoms with Gasteiger partial charge in [0.25, 0.3) is 0 Å². The monoisotopic (exact) mass is 508 g/mol. The van der Waals surface area contributed by atoms with Gasteiger partial charge >= 0.3 is 0 Å². The van der Waals surface area contributed by atoms with Gasteiger partial charge in [-0.05, 0) is 55.2 Å². The van der Waals surface area contributed by atoms with Gasteiger partial charge in [0.1, 0.15) is 11.6 Å². The number of hydrogen-bond acceptors (Lipinski definition) is 5. The van der Waals surface area contributed by atoms with Crippen LogP contribution in [0, 0.1) is 12.7 Å². The van der Waals surface area contributed by atoms with Gasteiger partial charge in [0, 0.05) is 37.9 Å². The number of anilines is 2. The summed E-state index contributed by atoms with van der Waals surface area (Å²) in [5.74, 6) is 0.0257. The van der Waals surface area contributed by atoms with Gasteiger partial charge in [0.2, 0.25) is 11.8 Å². The maximum absolute atomic E-state index is 15.1. The molecule has 1 atom stereocenters. The van der Waals surface area contributed by atoms with Crippen molar-refractivity contribution in [2.45, 2.75) is 59.9 Å². The van der Waals surface area contributed by atoms with Crippen LogP contribution < -0.4 is 20.3 Å². The highest BCUT2D eigenvalue weighted by Crippen LogP contribution is 2.43. The number of amides is 2. The van der Waals surface area contributed by atoms with Crippen LogP contribution in [0.25, 0.3) is 22.0 Å². The molecule has 0 saturated carbocycles. The van der Waals surface area contributed by atoms with Crippen molar-refractivity contribution in [3.8, 4) is 16.9 Å². The number of pyridine rings is 1. The molecule has 0 bridgehead atoms. The average molecular weight is 509 g/mol. The number of carbonyl (C=O) groups excluding carboxylic acids is 2. The summed E-state index contributed by atoms with van der Waals surface area (Å²) >= 11 is 0. The second-order valence-corrected chi connectivity index (χ2v) is 9.13. The van der Waals surface area contributed by atoms with Crippen molar-refractivity contribution in [1.82, 2.24) is 10.3 Å². The number of nitrogens with one attached hydrogen (secondary N) is 2. The molecule has 8 heteroatoms. The van der Waals surface area contributed by atoms with E-state index >= 15 is 4.39 Å². The van der Waals surface area contributed by atoms with Crippen molar-refractivity contribution >= 4 is 34.1 Å². The Balaban J connectivity index is 2.26. The summed E-state index contributed by atoms with van der Waals surface area (Å²) in [6.07, 6.45) is 3.08. The van der Waals surface area contributed by atoms with Gasteiger partial charge in [-0.2, -0.15) is 0 Å². The normalized spacial score (nSPS) is 11.8. The Morgan fingerprint density at radius 3 is 2.51 bits per heavy atom. The predicted molar refractivity (Wildman–Crippen MR) is 148 cm³/mol.